The first-order chi connectivity index (χ1) is 13.1. The number of hydrogen-bond acceptors (Lipinski definition) is 6. The van der Waals surface area contributed by atoms with E-state index in [1.165, 1.54) is 11.8 Å². The van der Waals surface area contributed by atoms with E-state index in [9.17, 15) is 4.79 Å². The van der Waals surface area contributed by atoms with Crippen molar-refractivity contribution in [3.8, 4) is 5.75 Å². The molecular formula is C19H17BrN4O2S. The van der Waals surface area contributed by atoms with Gasteiger partial charge < -0.3 is 4.74 Å². The van der Waals surface area contributed by atoms with Gasteiger partial charge in [0.1, 0.15) is 11.4 Å². The van der Waals surface area contributed by atoms with E-state index in [2.05, 4.69) is 26.3 Å². The summed E-state index contributed by atoms with van der Waals surface area (Å²) in [4.78, 5) is 17.7. The Labute approximate surface area is 169 Å². The van der Waals surface area contributed by atoms with Crippen molar-refractivity contribution < 1.29 is 9.53 Å². The second-order valence-electron chi connectivity index (χ2n) is 5.93. The summed E-state index contributed by atoms with van der Waals surface area (Å²) in [5.41, 5.74) is 1.40. The van der Waals surface area contributed by atoms with Gasteiger partial charge in [-0.05, 0) is 43.5 Å². The lowest BCUT2D eigenvalue weighted by Crippen LogP contribution is -2.50. The van der Waals surface area contributed by atoms with Crippen LogP contribution in [-0.4, -0.2) is 28.9 Å². The molecule has 8 heteroatoms. The van der Waals surface area contributed by atoms with Crippen molar-refractivity contribution in [2.45, 2.75) is 13.1 Å². The molecule has 0 radical (unpaired) electrons. The first-order valence-electron chi connectivity index (χ1n) is 8.44. The maximum atomic E-state index is 12.9. The Balaban J connectivity index is 1.94. The zero-order valence-corrected chi connectivity index (χ0v) is 17.2. The van der Waals surface area contributed by atoms with E-state index >= 15 is 0 Å². The standard InChI is InChI=1S/C19H17BrN4O2S/c1-3-26-13-6-4-5-11(9-13)17-21-15-8-7-12(20)10-14(15)16-18(25)22-19(27-2)23-24(16)17/h4-10,17H,3H2,1-2H3,(H,22,23,25)/t17-/m0/s1. The number of hydrogen-bond donors (Lipinski definition) is 1. The lowest BCUT2D eigenvalue weighted by Gasteiger charge is -2.34. The SMILES string of the molecule is CCOc1cccc([C@H]2N=c3ccc(Br)cc3=C3C(=O)NC(SC)=NN32)c1. The number of carbonyl (C=O) groups is 1. The summed E-state index contributed by atoms with van der Waals surface area (Å²) in [5, 5.41) is 11.2. The van der Waals surface area contributed by atoms with Gasteiger partial charge in [0.05, 0.1) is 12.0 Å². The number of hydrazone groups is 1. The molecule has 0 saturated carbocycles. The maximum Gasteiger partial charge on any atom is 0.276 e. The molecule has 6 nitrogen and oxygen atoms in total. The molecular weight excluding hydrogens is 428 g/mol. The average Bonchev–Trinajstić information content (AvgIpc) is 2.67. The summed E-state index contributed by atoms with van der Waals surface area (Å²) >= 11 is 4.86. The van der Waals surface area contributed by atoms with Gasteiger partial charge in [-0.2, -0.15) is 0 Å². The summed E-state index contributed by atoms with van der Waals surface area (Å²) in [6.07, 6.45) is 1.43. The fraction of sp³-hybridized carbons (Fsp3) is 0.211. The fourth-order valence-electron chi connectivity index (χ4n) is 3.09. The van der Waals surface area contributed by atoms with E-state index in [-0.39, 0.29) is 5.91 Å². The molecule has 0 aliphatic carbocycles. The van der Waals surface area contributed by atoms with Crippen LogP contribution in [0.25, 0.3) is 5.70 Å². The van der Waals surface area contributed by atoms with Crippen LogP contribution in [0.1, 0.15) is 18.7 Å². The minimum Gasteiger partial charge on any atom is -0.494 e. The number of thioether (sulfide) groups is 1. The summed E-state index contributed by atoms with van der Waals surface area (Å²) in [7, 11) is 0. The highest BCUT2D eigenvalue weighted by molar-refractivity contribution is 9.10. The van der Waals surface area contributed by atoms with Crippen LogP contribution in [0, 0.1) is 0 Å². The van der Waals surface area contributed by atoms with Gasteiger partial charge in [-0.15, -0.1) is 5.10 Å². The highest BCUT2D eigenvalue weighted by atomic mass is 79.9. The molecule has 4 rings (SSSR count). The lowest BCUT2D eigenvalue weighted by molar-refractivity contribution is -0.116. The van der Waals surface area contributed by atoms with E-state index in [4.69, 9.17) is 9.73 Å². The fourth-order valence-corrected chi connectivity index (χ4v) is 3.82. The molecule has 0 spiro atoms. The highest BCUT2D eigenvalue weighted by Crippen LogP contribution is 2.32. The molecule has 0 saturated heterocycles. The monoisotopic (exact) mass is 444 g/mol. The molecule has 1 atom stereocenters. The third kappa shape index (κ3) is 3.35. The lowest BCUT2D eigenvalue weighted by atomic mass is 10.1. The number of nitrogens with zero attached hydrogens (tertiary/aromatic N) is 3. The Morgan fingerprint density at radius 3 is 2.93 bits per heavy atom. The van der Waals surface area contributed by atoms with Crippen LogP contribution in [0.4, 0.5) is 0 Å². The second kappa shape index (κ2) is 7.36. The number of rotatable bonds is 3. The molecule has 0 aromatic heterocycles. The third-order valence-corrected chi connectivity index (χ3v) is 5.29. The maximum absolute atomic E-state index is 12.9. The molecule has 1 N–H and O–H groups in total. The van der Waals surface area contributed by atoms with E-state index in [1.54, 1.807) is 5.01 Å². The van der Waals surface area contributed by atoms with E-state index < -0.39 is 6.17 Å². The summed E-state index contributed by atoms with van der Waals surface area (Å²) in [6.45, 7) is 2.53. The molecule has 2 aromatic carbocycles. The molecule has 0 fully saturated rings. The van der Waals surface area contributed by atoms with Crippen molar-refractivity contribution in [1.29, 1.82) is 0 Å². The van der Waals surface area contributed by atoms with Crippen LogP contribution in [0.5, 0.6) is 5.75 Å². The number of ether oxygens (including phenoxy) is 1. The predicted molar refractivity (Wildman–Crippen MR) is 110 cm³/mol. The number of amidine groups is 1. The number of halogens is 1. The first-order valence-corrected chi connectivity index (χ1v) is 10.5. The van der Waals surface area contributed by atoms with E-state index in [1.807, 2.05) is 55.6 Å². The number of nitrogens with one attached hydrogen (secondary N) is 1. The van der Waals surface area contributed by atoms with Crippen LogP contribution in [0.15, 0.2) is 57.0 Å². The molecule has 2 aliphatic heterocycles. The van der Waals surface area contributed by atoms with E-state index in [0.717, 1.165) is 26.4 Å². The Morgan fingerprint density at radius 1 is 1.30 bits per heavy atom. The Hall–Kier alpha value is -2.32. The quantitative estimate of drug-likeness (QED) is 0.788. The largest absolute Gasteiger partial charge is 0.494 e. The zero-order chi connectivity index (χ0) is 19.0. The normalized spacial score (nSPS) is 18.1. The predicted octanol–water partition coefficient (Wildman–Crippen LogP) is 2.35. The van der Waals surface area contributed by atoms with Gasteiger partial charge in [-0.3, -0.25) is 15.1 Å². The van der Waals surface area contributed by atoms with Crippen LogP contribution in [0.2, 0.25) is 0 Å². The second-order valence-corrected chi connectivity index (χ2v) is 7.64. The van der Waals surface area contributed by atoms with Crippen LogP contribution >= 0.6 is 27.7 Å². The van der Waals surface area contributed by atoms with Crippen molar-refractivity contribution >= 4 is 44.5 Å². The van der Waals surface area contributed by atoms with Crippen molar-refractivity contribution in [3.05, 3.63) is 63.1 Å². The Bertz CT molecular complexity index is 1070. The molecule has 0 bridgehead atoms. The van der Waals surface area contributed by atoms with Gasteiger partial charge in [0.15, 0.2) is 11.3 Å². The molecule has 138 valence electrons. The summed E-state index contributed by atoms with van der Waals surface area (Å²) in [6, 6.07) is 13.5. The molecule has 2 aromatic rings. The van der Waals surface area contributed by atoms with Gasteiger partial charge in [-0.1, -0.05) is 39.8 Å². The summed E-state index contributed by atoms with van der Waals surface area (Å²) < 4.78 is 6.51. The van der Waals surface area contributed by atoms with Crippen LogP contribution < -0.4 is 20.6 Å². The molecule has 2 heterocycles. The van der Waals surface area contributed by atoms with Gasteiger partial charge in [0, 0.05) is 15.3 Å². The number of benzene rings is 2. The number of amides is 1. The molecule has 2 aliphatic rings. The molecule has 1 amide bonds. The van der Waals surface area contributed by atoms with E-state index in [0.29, 0.717) is 17.5 Å². The van der Waals surface area contributed by atoms with Gasteiger partial charge in [-0.25, -0.2) is 5.01 Å². The van der Waals surface area contributed by atoms with Crippen molar-refractivity contribution in [2.24, 2.45) is 10.1 Å². The van der Waals surface area contributed by atoms with Crippen LogP contribution in [-0.2, 0) is 4.79 Å². The van der Waals surface area contributed by atoms with Crippen LogP contribution in [0.3, 0.4) is 0 Å². The molecule has 27 heavy (non-hydrogen) atoms. The Morgan fingerprint density at radius 2 is 2.15 bits per heavy atom. The van der Waals surface area contributed by atoms with Gasteiger partial charge in [0.25, 0.3) is 5.91 Å². The molecule has 0 unspecified atom stereocenters. The smallest absolute Gasteiger partial charge is 0.276 e. The number of carbonyl (C=O) groups excluding carboxylic acids is 1. The number of fused-ring (bicyclic) bond motifs is 2. The topological polar surface area (TPSA) is 66.3 Å². The average molecular weight is 445 g/mol. The Kier molecular flexibility index (Phi) is 4.92. The minimum absolute atomic E-state index is 0.186. The third-order valence-electron chi connectivity index (χ3n) is 4.23. The van der Waals surface area contributed by atoms with Gasteiger partial charge in [0.2, 0.25) is 0 Å². The zero-order valence-electron chi connectivity index (χ0n) is 14.8. The van der Waals surface area contributed by atoms with Crippen molar-refractivity contribution in [2.75, 3.05) is 12.9 Å². The van der Waals surface area contributed by atoms with Crippen molar-refractivity contribution in [3.63, 3.8) is 0 Å². The van der Waals surface area contributed by atoms with Gasteiger partial charge >= 0.3 is 0 Å². The first kappa shape index (κ1) is 18.1. The minimum atomic E-state index is -0.442. The summed E-state index contributed by atoms with van der Waals surface area (Å²) in [5.74, 6) is 0.582. The highest BCUT2D eigenvalue weighted by Gasteiger charge is 2.34. The van der Waals surface area contributed by atoms with Crippen molar-refractivity contribution in [1.82, 2.24) is 10.3 Å².